The fraction of sp³-hybridized carbons (Fsp3) is 0.562. The molecule has 5 nitrogen and oxygen atoms in total. The van der Waals surface area contributed by atoms with E-state index in [0.29, 0.717) is 30.9 Å². The first-order chi connectivity index (χ1) is 10.1. The van der Waals surface area contributed by atoms with E-state index in [4.69, 9.17) is 9.47 Å². The normalized spacial score (nSPS) is 11.0. The first-order valence-electron chi connectivity index (χ1n) is 7.37. The third-order valence-corrected chi connectivity index (χ3v) is 3.57. The van der Waals surface area contributed by atoms with Gasteiger partial charge in [0.1, 0.15) is 0 Å². The molecule has 0 bridgehead atoms. The highest BCUT2D eigenvalue weighted by Gasteiger charge is 2.27. The smallest absolute Gasteiger partial charge is 0.258 e. The summed E-state index contributed by atoms with van der Waals surface area (Å²) in [6.07, 6.45) is 1.34. The van der Waals surface area contributed by atoms with Crippen LogP contribution in [0.4, 0.5) is 0 Å². The van der Waals surface area contributed by atoms with E-state index < -0.39 is 5.54 Å². The van der Waals surface area contributed by atoms with E-state index in [9.17, 15) is 9.90 Å². The Bertz CT molecular complexity index is 435. The van der Waals surface area contributed by atoms with E-state index in [1.54, 1.807) is 12.1 Å². The van der Waals surface area contributed by atoms with E-state index >= 15 is 0 Å². The molecule has 0 aliphatic rings. The lowest BCUT2D eigenvalue weighted by atomic mass is 9.94. The minimum atomic E-state index is -0.570. The first-order valence-corrected chi connectivity index (χ1v) is 7.37. The number of benzene rings is 1. The number of nitrogens with one attached hydrogen (secondary N) is 1. The van der Waals surface area contributed by atoms with Crippen LogP contribution in [0.3, 0.4) is 0 Å². The standard InChI is InChI=1S/C16H25NO4/c1-4-16(5-2,12-18)17-15(19)11-21-14-10-8-7-9-13(14)20-6-3/h7-10,18H,4-6,11-12H2,1-3H3,(H,17,19). The third-order valence-electron chi connectivity index (χ3n) is 3.57. The monoisotopic (exact) mass is 295 g/mol. The van der Waals surface area contributed by atoms with Crippen LogP contribution in [0.15, 0.2) is 24.3 Å². The molecule has 1 rings (SSSR count). The lowest BCUT2D eigenvalue weighted by Gasteiger charge is -2.30. The van der Waals surface area contributed by atoms with Crippen molar-refractivity contribution in [2.75, 3.05) is 19.8 Å². The van der Waals surface area contributed by atoms with Crippen molar-refractivity contribution in [3.63, 3.8) is 0 Å². The Labute approximate surface area is 126 Å². The molecule has 0 aromatic heterocycles. The van der Waals surface area contributed by atoms with Crippen molar-refractivity contribution < 1.29 is 19.4 Å². The molecule has 21 heavy (non-hydrogen) atoms. The van der Waals surface area contributed by atoms with Gasteiger partial charge < -0.3 is 19.9 Å². The fourth-order valence-corrected chi connectivity index (χ4v) is 2.01. The van der Waals surface area contributed by atoms with Gasteiger partial charge in [-0.2, -0.15) is 0 Å². The highest BCUT2D eigenvalue weighted by Crippen LogP contribution is 2.26. The molecule has 1 amide bonds. The summed E-state index contributed by atoms with van der Waals surface area (Å²) in [6.45, 7) is 6.11. The predicted octanol–water partition coefficient (Wildman–Crippen LogP) is 2.13. The maximum Gasteiger partial charge on any atom is 0.258 e. The van der Waals surface area contributed by atoms with Gasteiger partial charge in [0, 0.05) is 0 Å². The molecule has 0 fully saturated rings. The number of rotatable bonds is 9. The van der Waals surface area contributed by atoms with Gasteiger partial charge in [-0.05, 0) is 31.9 Å². The zero-order valence-electron chi connectivity index (χ0n) is 13.0. The Kier molecular flexibility index (Phi) is 7.02. The Morgan fingerprint density at radius 2 is 1.71 bits per heavy atom. The Morgan fingerprint density at radius 3 is 2.19 bits per heavy atom. The summed E-state index contributed by atoms with van der Waals surface area (Å²) in [5.74, 6) is 0.906. The van der Waals surface area contributed by atoms with Gasteiger partial charge in [0.2, 0.25) is 0 Å². The average molecular weight is 295 g/mol. The Hall–Kier alpha value is -1.75. The van der Waals surface area contributed by atoms with Crippen molar-refractivity contribution in [2.45, 2.75) is 39.2 Å². The van der Waals surface area contributed by atoms with Crippen LogP contribution >= 0.6 is 0 Å². The van der Waals surface area contributed by atoms with E-state index in [1.807, 2.05) is 32.9 Å². The van der Waals surface area contributed by atoms with Crippen molar-refractivity contribution >= 4 is 5.91 Å². The van der Waals surface area contributed by atoms with Crippen LogP contribution < -0.4 is 14.8 Å². The molecule has 1 aromatic carbocycles. The van der Waals surface area contributed by atoms with Crippen LogP contribution in [0.5, 0.6) is 11.5 Å². The zero-order valence-corrected chi connectivity index (χ0v) is 13.0. The molecule has 0 aliphatic carbocycles. The molecule has 0 saturated carbocycles. The van der Waals surface area contributed by atoms with Gasteiger partial charge in [-0.3, -0.25) is 4.79 Å². The Balaban J connectivity index is 2.61. The van der Waals surface area contributed by atoms with Gasteiger partial charge in [-0.1, -0.05) is 26.0 Å². The maximum atomic E-state index is 12.0. The van der Waals surface area contributed by atoms with Crippen LogP contribution in [0.1, 0.15) is 33.6 Å². The first kappa shape index (κ1) is 17.3. The summed E-state index contributed by atoms with van der Waals surface area (Å²) in [5, 5.41) is 12.3. The SMILES string of the molecule is CCOc1ccccc1OCC(=O)NC(CC)(CC)CO. The number of ether oxygens (including phenoxy) is 2. The second-order valence-corrected chi connectivity index (χ2v) is 4.86. The van der Waals surface area contributed by atoms with Crippen LogP contribution in [0.2, 0.25) is 0 Å². The molecule has 0 spiro atoms. The summed E-state index contributed by atoms with van der Waals surface area (Å²) >= 11 is 0. The van der Waals surface area contributed by atoms with Gasteiger partial charge in [0.05, 0.1) is 18.8 Å². The van der Waals surface area contributed by atoms with Gasteiger partial charge in [0.15, 0.2) is 18.1 Å². The van der Waals surface area contributed by atoms with Gasteiger partial charge in [-0.25, -0.2) is 0 Å². The highest BCUT2D eigenvalue weighted by atomic mass is 16.5. The second-order valence-electron chi connectivity index (χ2n) is 4.86. The largest absolute Gasteiger partial charge is 0.490 e. The summed E-state index contributed by atoms with van der Waals surface area (Å²) in [4.78, 5) is 12.0. The highest BCUT2D eigenvalue weighted by molar-refractivity contribution is 5.78. The van der Waals surface area contributed by atoms with E-state index in [1.165, 1.54) is 0 Å². The van der Waals surface area contributed by atoms with E-state index in [0.717, 1.165) is 0 Å². The lowest BCUT2D eigenvalue weighted by Crippen LogP contribution is -2.51. The maximum absolute atomic E-state index is 12.0. The van der Waals surface area contributed by atoms with Crippen LogP contribution in [-0.4, -0.2) is 36.4 Å². The van der Waals surface area contributed by atoms with Gasteiger partial charge in [0.25, 0.3) is 5.91 Å². The minimum Gasteiger partial charge on any atom is -0.490 e. The molecule has 0 radical (unpaired) electrons. The van der Waals surface area contributed by atoms with Crippen molar-refractivity contribution in [3.8, 4) is 11.5 Å². The molecule has 0 aliphatic heterocycles. The van der Waals surface area contributed by atoms with Gasteiger partial charge >= 0.3 is 0 Å². The summed E-state index contributed by atoms with van der Waals surface area (Å²) in [5.41, 5.74) is -0.570. The lowest BCUT2D eigenvalue weighted by molar-refractivity contribution is -0.125. The molecule has 0 unspecified atom stereocenters. The number of aliphatic hydroxyl groups excluding tert-OH is 1. The second kappa shape index (κ2) is 8.52. The molecule has 2 N–H and O–H groups in total. The van der Waals surface area contributed by atoms with E-state index in [2.05, 4.69) is 5.32 Å². The predicted molar refractivity (Wildman–Crippen MR) is 81.6 cm³/mol. The quantitative estimate of drug-likeness (QED) is 0.732. The molecular formula is C16H25NO4. The molecule has 1 aromatic rings. The molecule has 0 saturated heterocycles. The van der Waals surface area contributed by atoms with Crippen LogP contribution in [-0.2, 0) is 4.79 Å². The van der Waals surface area contributed by atoms with Crippen LogP contribution in [0.25, 0.3) is 0 Å². The summed E-state index contributed by atoms with van der Waals surface area (Å²) in [7, 11) is 0. The van der Waals surface area contributed by atoms with Crippen molar-refractivity contribution in [3.05, 3.63) is 24.3 Å². The van der Waals surface area contributed by atoms with Gasteiger partial charge in [-0.15, -0.1) is 0 Å². The van der Waals surface area contributed by atoms with Crippen LogP contribution in [0, 0.1) is 0 Å². The number of hydrogen-bond acceptors (Lipinski definition) is 4. The average Bonchev–Trinajstić information content (AvgIpc) is 2.52. The molecule has 118 valence electrons. The number of amides is 1. The number of hydrogen-bond donors (Lipinski definition) is 2. The Morgan fingerprint density at radius 1 is 1.14 bits per heavy atom. The number of carbonyl (C=O) groups is 1. The topological polar surface area (TPSA) is 67.8 Å². The number of carbonyl (C=O) groups excluding carboxylic acids is 1. The summed E-state index contributed by atoms with van der Waals surface area (Å²) in [6, 6.07) is 7.23. The summed E-state index contributed by atoms with van der Waals surface area (Å²) < 4.78 is 10.9. The van der Waals surface area contributed by atoms with Crippen molar-refractivity contribution in [1.82, 2.24) is 5.32 Å². The zero-order chi connectivity index (χ0) is 15.7. The fourth-order valence-electron chi connectivity index (χ4n) is 2.01. The molecule has 5 heteroatoms. The molecule has 0 atom stereocenters. The molecular weight excluding hydrogens is 270 g/mol. The van der Waals surface area contributed by atoms with Crippen molar-refractivity contribution in [2.24, 2.45) is 0 Å². The van der Waals surface area contributed by atoms with Crippen molar-refractivity contribution in [1.29, 1.82) is 0 Å². The third kappa shape index (κ3) is 4.93. The number of para-hydroxylation sites is 2. The minimum absolute atomic E-state index is 0.0821. The van der Waals surface area contributed by atoms with E-state index in [-0.39, 0.29) is 19.1 Å². The molecule has 0 heterocycles. The number of aliphatic hydroxyl groups is 1.